The van der Waals surface area contributed by atoms with Crippen LogP contribution in [-0.2, 0) is 9.59 Å². The van der Waals surface area contributed by atoms with Gasteiger partial charge in [0.2, 0.25) is 11.8 Å². The van der Waals surface area contributed by atoms with E-state index >= 15 is 0 Å². The van der Waals surface area contributed by atoms with Gasteiger partial charge in [-0.05, 0) is 36.4 Å². The van der Waals surface area contributed by atoms with Crippen LogP contribution in [-0.4, -0.2) is 41.0 Å². The maximum atomic E-state index is 12.0. The zero-order valence-corrected chi connectivity index (χ0v) is 14.1. The number of thioether (sulfide) groups is 1. The SMILES string of the molecule is CN(CC(=O)Nc1ccc(Cl)cc1)C(=O)CSc1ccncc1. The number of carbonyl (C=O) groups excluding carboxylic acids is 2. The first kappa shape index (κ1) is 17.3. The molecule has 0 aliphatic carbocycles. The van der Waals surface area contributed by atoms with Gasteiger partial charge in [0.1, 0.15) is 0 Å². The molecular weight excluding hydrogens is 334 g/mol. The van der Waals surface area contributed by atoms with E-state index in [0.717, 1.165) is 4.90 Å². The molecule has 0 saturated heterocycles. The number of halogens is 1. The maximum absolute atomic E-state index is 12.0. The molecule has 23 heavy (non-hydrogen) atoms. The van der Waals surface area contributed by atoms with Gasteiger partial charge < -0.3 is 10.2 Å². The molecule has 1 N–H and O–H groups in total. The molecule has 1 heterocycles. The number of nitrogens with one attached hydrogen (secondary N) is 1. The van der Waals surface area contributed by atoms with Crippen LogP contribution in [0.1, 0.15) is 0 Å². The van der Waals surface area contributed by atoms with Gasteiger partial charge in [0.05, 0.1) is 12.3 Å². The van der Waals surface area contributed by atoms with Crippen LogP contribution in [0.2, 0.25) is 5.02 Å². The summed E-state index contributed by atoms with van der Waals surface area (Å²) in [5.41, 5.74) is 0.645. The lowest BCUT2D eigenvalue weighted by Gasteiger charge is -2.16. The Balaban J connectivity index is 1.78. The first-order valence-corrected chi connectivity index (χ1v) is 8.23. The minimum Gasteiger partial charge on any atom is -0.336 e. The first-order chi connectivity index (χ1) is 11.0. The molecule has 0 fully saturated rings. The van der Waals surface area contributed by atoms with E-state index in [1.54, 1.807) is 43.7 Å². The van der Waals surface area contributed by atoms with Crippen LogP contribution in [0.4, 0.5) is 5.69 Å². The van der Waals surface area contributed by atoms with Crippen LogP contribution in [0, 0.1) is 0 Å². The number of anilines is 1. The highest BCUT2D eigenvalue weighted by atomic mass is 35.5. The van der Waals surface area contributed by atoms with Gasteiger partial charge in [0, 0.05) is 35.0 Å². The standard InChI is InChI=1S/C16H16ClN3O2S/c1-20(16(22)11-23-14-6-8-18-9-7-14)10-15(21)19-13-4-2-12(17)3-5-13/h2-9H,10-11H2,1H3,(H,19,21). The molecule has 0 bridgehead atoms. The highest BCUT2D eigenvalue weighted by Crippen LogP contribution is 2.16. The largest absolute Gasteiger partial charge is 0.336 e. The van der Waals surface area contributed by atoms with Crippen molar-refractivity contribution < 1.29 is 9.59 Å². The second-order valence-corrected chi connectivity index (χ2v) is 6.26. The Hall–Kier alpha value is -2.05. The lowest BCUT2D eigenvalue weighted by atomic mass is 10.3. The van der Waals surface area contributed by atoms with Crippen molar-refractivity contribution in [3.8, 4) is 0 Å². The number of carbonyl (C=O) groups is 2. The molecule has 5 nitrogen and oxygen atoms in total. The summed E-state index contributed by atoms with van der Waals surface area (Å²) in [5.74, 6) is -0.0930. The van der Waals surface area contributed by atoms with Crippen molar-refractivity contribution in [1.82, 2.24) is 9.88 Å². The molecule has 0 spiro atoms. The van der Waals surface area contributed by atoms with Crippen molar-refractivity contribution in [1.29, 1.82) is 0 Å². The van der Waals surface area contributed by atoms with Crippen molar-refractivity contribution >= 4 is 40.9 Å². The number of rotatable bonds is 6. The quantitative estimate of drug-likeness (QED) is 0.814. The summed E-state index contributed by atoms with van der Waals surface area (Å²) < 4.78 is 0. The summed E-state index contributed by atoms with van der Waals surface area (Å²) >= 11 is 7.20. The third-order valence-corrected chi connectivity index (χ3v) is 4.20. The summed E-state index contributed by atoms with van der Waals surface area (Å²) in [4.78, 5) is 30.3. The summed E-state index contributed by atoms with van der Waals surface area (Å²) in [7, 11) is 1.61. The second-order valence-electron chi connectivity index (χ2n) is 4.78. The summed E-state index contributed by atoms with van der Waals surface area (Å²) in [6.45, 7) is -0.00162. The third-order valence-electron chi connectivity index (χ3n) is 2.95. The molecule has 1 aromatic heterocycles. The van der Waals surface area contributed by atoms with Crippen molar-refractivity contribution in [3.63, 3.8) is 0 Å². The Kier molecular flexibility index (Phi) is 6.43. The number of pyridine rings is 1. The lowest BCUT2D eigenvalue weighted by Crippen LogP contribution is -2.35. The van der Waals surface area contributed by atoms with E-state index in [-0.39, 0.29) is 24.1 Å². The molecule has 120 valence electrons. The number of benzene rings is 1. The summed E-state index contributed by atoms with van der Waals surface area (Å²) in [5, 5.41) is 3.32. The Morgan fingerprint density at radius 1 is 1.17 bits per heavy atom. The summed E-state index contributed by atoms with van der Waals surface area (Å²) in [6, 6.07) is 10.5. The minimum absolute atomic E-state index is 0.00162. The van der Waals surface area contributed by atoms with E-state index in [0.29, 0.717) is 10.7 Å². The molecule has 0 aliphatic rings. The first-order valence-electron chi connectivity index (χ1n) is 6.87. The monoisotopic (exact) mass is 349 g/mol. The fraction of sp³-hybridized carbons (Fsp3) is 0.188. The van der Waals surface area contributed by atoms with E-state index in [2.05, 4.69) is 10.3 Å². The molecule has 2 aromatic rings. The predicted molar refractivity (Wildman–Crippen MR) is 92.7 cm³/mol. The fourth-order valence-corrected chi connectivity index (χ4v) is 2.68. The molecule has 0 saturated carbocycles. The van der Waals surface area contributed by atoms with Crippen molar-refractivity contribution in [2.45, 2.75) is 4.90 Å². The highest BCUT2D eigenvalue weighted by Gasteiger charge is 2.13. The Labute approximate surface area is 144 Å². The maximum Gasteiger partial charge on any atom is 0.243 e. The molecule has 7 heteroatoms. The second kappa shape index (κ2) is 8.55. The van der Waals surface area contributed by atoms with E-state index in [9.17, 15) is 9.59 Å². The predicted octanol–water partition coefficient (Wildman–Crippen LogP) is 2.92. The van der Waals surface area contributed by atoms with Crippen molar-refractivity contribution in [3.05, 3.63) is 53.8 Å². The molecule has 2 rings (SSSR count). The van der Waals surface area contributed by atoms with Crippen LogP contribution in [0.5, 0.6) is 0 Å². The van der Waals surface area contributed by atoms with Gasteiger partial charge in [-0.15, -0.1) is 11.8 Å². The summed E-state index contributed by atoms with van der Waals surface area (Å²) in [6.07, 6.45) is 3.35. The van der Waals surface area contributed by atoms with E-state index < -0.39 is 0 Å². The molecule has 1 aromatic carbocycles. The molecule has 0 aliphatic heterocycles. The number of likely N-dealkylation sites (N-methyl/N-ethyl adjacent to an activating group) is 1. The lowest BCUT2D eigenvalue weighted by molar-refractivity contribution is -0.131. The Morgan fingerprint density at radius 2 is 1.83 bits per heavy atom. The normalized spacial score (nSPS) is 10.2. The fourth-order valence-electron chi connectivity index (χ4n) is 1.73. The van der Waals surface area contributed by atoms with Crippen molar-refractivity contribution in [2.75, 3.05) is 24.7 Å². The van der Waals surface area contributed by atoms with Gasteiger partial charge in [-0.1, -0.05) is 11.6 Å². The van der Waals surface area contributed by atoms with Crippen LogP contribution in [0.3, 0.4) is 0 Å². The highest BCUT2D eigenvalue weighted by molar-refractivity contribution is 8.00. The van der Waals surface area contributed by atoms with Crippen LogP contribution >= 0.6 is 23.4 Å². The molecular formula is C16H16ClN3O2S. The number of nitrogens with zero attached hydrogens (tertiary/aromatic N) is 2. The Morgan fingerprint density at radius 3 is 2.48 bits per heavy atom. The minimum atomic E-state index is -0.253. The number of hydrogen-bond acceptors (Lipinski definition) is 4. The molecule has 0 atom stereocenters. The number of amides is 2. The van der Waals surface area contributed by atoms with Crippen LogP contribution in [0.15, 0.2) is 53.7 Å². The smallest absolute Gasteiger partial charge is 0.243 e. The van der Waals surface area contributed by atoms with E-state index in [4.69, 9.17) is 11.6 Å². The molecule has 0 unspecified atom stereocenters. The van der Waals surface area contributed by atoms with Gasteiger partial charge in [0.25, 0.3) is 0 Å². The van der Waals surface area contributed by atoms with E-state index in [1.807, 2.05) is 12.1 Å². The van der Waals surface area contributed by atoms with E-state index in [1.165, 1.54) is 16.7 Å². The topological polar surface area (TPSA) is 62.3 Å². The van der Waals surface area contributed by atoms with Gasteiger partial charge in [0.15, 0.2) is 0 Å². The van der Waals surface area contributed by atoms with Crippen LogP contribution < -0.4 is 5.32 Å². The van der Waals surface area contributed by atoms with Gasteiger partial charge in [-0.3, -0.25) is 14.6 Å². The van der Waals surface area contributed by atoms with Crippen LogP contribution in [0.25, 0.3) is 0 Å². The third kappa shape index (κ3) is 5.92. The zero-order chi connectivity index (χ0) is 16.7. The molecule has 0 radical (unpaired) electrons. The number of aromatic nitrogens is 1. The van der Waals surface area contributed by atoms with Gasteiger partial charge in [-0.25, -0.2) is 0 Å². The zero-order valence-electron chi connectivity index (χ0n) is 12.5. The average Bonchev–Trinajstić information content (AvgIpc) is 2.55. The number of hydrogen-bond donors (Lipinski definition) is 1. The Bertz CT molecular complexity index is 665. The van der Waals surface area contributed by atoms with Gasteiger partial charge in [-0.2, -0.15) is 0 Å². The van der Waals surface area contributed by atoms with Gasteiger partial charge >= 0.3 is 0 Å². The van der Waals surface area contributed by atoms with Crippen molar-refractivity contribution in [2.24, 2.45) is 0 Å². The molecule has 2 amide bonds. The average molecular weight is 350 g/mol.